The molecule has 0 N–H and O–H groups in total. The van der Waals surface area contributed by atoms with Gasteiger partial charge in [0.15, 0.2) is 0 Å². The molecule has 0 saturated carbocycles. The molecule has 0 aromatic rings. The van der Waals surface area contributed by atoms with Crippen LogP contribution >= 0.6 is 0 Å². The molecule has 0 saturated heterocycles. The van der Waals surface area contributed by atoms with Gasteiger partial charge in [0, 0.05) is 12.8 Å². The maximum atomic E-state index is 11.6. The van der Waals surface area contributed by atoms with Crippen molar-refractivity contribution in [2.45, 2.75) is 91.6 Å². The van der Waals surface area contributed by atoms with E-state index in [9.17, 15) is 9.59 Å². The Morgan fingerprint density at radius 2 is 1.32 bits per heavy atom. The largest absolute Gasteiger partial charge is 0.466 e. The summed E-state index contributed by atoms with van der Waals surface area (Å²) >= 11 is 0. The van der Waals surface area contributed by atoms with Crippen molar-refractivity contribution in [3.05, 3.63) is 0 Å². The molecule has 22 heavy (non-hydrogen) atoms. The summed E-state index contributed by atoms with van der Waals surface area (Å²) in [5, 5.41) is 0. The van der Waals surface area contributed by atoms with Crippen molar-refractivity contribution in [1.29, 1.82) is 0 Å². The van der Waals surface area contributed by atoms with E-state index in [0.717, 1.165) is 44.9 Å². The third-order valence-corrected chi connectivity index (χ3v) is 3.74. The molecular formula is C18H34O4. The molecule has 0 aromatic carbocycles. The lowest BCUT2D eigenvalue weighted by Crippen LogP contribution is -2.19. The fourth-order valence-electron chi connectivity index (χ4n) is 1.94. The van der Waals surface area contributed by atoms with Gasteiger partial charge in [0.05, 0.1) is 6.61 Å². The summed E-state index contributed by atoms with van der Waals surface area (Å²) in [7, 11) is 0. The zero-order valence-corrected chi connectivity index (χ0v) is 14.9. The van der Waals surface area contributed by atoms with Gasteiger partial charge in [0.1, 0.15) is 6.10 Å². The minimum atomic E-state index is -0.0835. The van der Waals surface area contributed by atoms with Gasteiger partial charge in [0.2, 0.25) is 0 Å². The van der Waals surface area contributed by atoms with E-state index in [1.807, 2.05) is 13.8 Å². The van der Waals surface area contributed by atoms with Gasteiger partial charge in [-0.05, 0) is 32.1 Å². The lowest BCUT2D eigenvalue weighted by Gasteiger charge is -2.16. The van der Waals surface area contributed by atoms with E-state index in [1.165, 1.54) is 0 Å². The van der Waals surface area contributed by atoms with Crippen LogP contribution in [0, 0.1) is 5.92 Å². The summed E-state index contributed by atoms with van der Waals surface area (Å²) in [4.78, 5) is 22.9. The van der Waals surface area contributed by atoms with Crippen molar-refractivity contribution in [3.8, 4) is 0 Å². The zero-order chi connectivity index (χ0) is 16.8. The average molecular weight is 314 g/mol. The van der Waals surface area contributed by atoms with Gasteiger partial charge < -0.3 is 9.47 Å². The Kier molecular flexibility index (Phi) is 12.9. The average Bonchev–Trinajstić information content (AvgIpc) is 2.47. The molecule has 0 radical (unpaired) electrons. The monoisotopic (exact) mass is 314 g/mol. The van der Waals surface area contributed by atoms with Crippen molar-refractivity contribution in [1.82, 2.24) is 0 Å². The van der Waals surface area contributed by atoms with Crippen LogP contribution in [0.5, 0.6) is 0 Å². The molecule has 0 aromatic heterocycles. The van der Waals surface area contributed by atoms with Crippen LogP contribution in [0.4, 0.5) is 0 Å². The number of hydrogen-bond donors (Lipinski definition) is 0. The van der Waals surface area contributed by atoms with Gasteiger partial charge >= 0.3 is 11.9 Å². The second-order valence-electron chi connectivity index (χ2n) is 6.28. The summed E-state index contributed by atoms with van der Waals surface area (Å²) in [5.74, 6) is 0.205. The van der Waals surface area contributed by atoms with Gasteiger partial charge in [-0.15, -0.1) is 0 Å². The number of unbranched alkanes of at least 4 members (excludes halogenated alkanes) is 5. The van der Waals surface area contributed by atoms with E-state index in [-0.39, 0.29) is 18.0 Å². The molecule has 0 rings (SSSR count). The SMILES string of the molecule is CCCOC(=O)CCCCCCCCC(=O)OC(C)C(C)C. The van der Waals surface area contributed by atoms with E-state index < -0.39 is 0 Å². The second-order valence-corrected chi connectivity index (χ2v) is 6.28. The first-order valence-corrected chi connectivity index (χ1v) is 8.82. The molecule has 0 bridgehead atoms. The van der Waals surface area contributed by atoms with Gasteiger partial charge in [-0.25, -0.2) is 0 Å². The van der Waals surface area contributed by atoms with Crippen molar-refractivity contribution >= 4 is 11.9 Å². The van der Waals surface area contributed by atoms with Crippen LogP contribution in [0.25, 0.3) is 0 Å². The number of carbonyl (C=O) groups excluding carboxylic acids is 2. The first-order chi connectivity index (χ1) is 10.5. The molecule has 0 amide bonds. The van der Waals surface area contributed by atoms with Crippen LogP contribution in [-0.2, 0) is 19.1 Å². The number of rotatable bonds is 13. The number of ether oxygens (including phenoxy) is 2. The Morgan fingerprint density at radius 3 is 1.82 bits per heavy atom. The van der Waals surface area contributed by atoms with E-state index in [4.69, 9.17) is 9.47 Å². The molecule has 4 heteroatoms. The van der Waals surface area contributed by atoms with Crippen LogP contribution in [-0.4, -0.2) is 24.6 Å². The summed E-state index contributed by atoms with van der Waals surface area (Å²) in [6.45, 7) is 8.57. The van der Waals surface area contributed by atoms with E-state index in [2.05, 4.69) is 13.8 Å². The molecular weight excluding hydrogens is 280 g/mol. The summed E-state index contributed by atoms with van der Waals surface area (Å²) in [6.07, 6.45) is 8.03. The van der Waals surface area contributed by atoms with Crippen LogP contribution in [0.3, 0.4) is 0 Å². The molecule has 0 aliphatic heterocycles. The summed E-state index contributed by atoms with van der Waals surface area (Å²) < 4.78 is 10.3. The summed E-state index contributed by atoms with van der Waals surface area (Å²) in [5.41, 5.74) is 0. The lowest BCUT2D eigenvalue weighted by atomic mass is 10.1. The molecule has 0 aliphatic rings. The van der Waals surface area contributed by atoms with Crippen molar-refractivity contribution in [2.75, 3.05) is 6.61 Å². The van der Waals surface area contributed by atoms with E-state index in [1.54, 1.807) is 0 Å². The summed E-state index contributed by atoms with van der Waals surface area (Å²) in [6, 6.07) is 0. The Labute approximate surface area is 135 Å². The van der Waals surface area contributed by atoms with E-state index in [0.29, 0.717) is 25.4 Å². The van der Waals surface area contributed by atoms with Crippen LogP contribution < -0.4 is 0 Å². The first kappa shape index (κ1) is 20.9. The van der Waals surface area contributed by atoms with Gasteiger partial charge in [0.25, 0.3) is 0 Å². The zero-order valence-electron chi connectivity index (χ0n) is 14.9. The number of esters is 2. The van der Waals surface area contributed by atoms with E-state index >= 15 is 0 Å². The number of carbonyl (C=O) groups is 2. The Hall–Kier alpha value is -1.06. The Bertz CT molecular complexity index is 299. The molecule has 0 aliphatic carbocycles. The second kappa shape index (κ2) is 13.6. The molecule has 4 nitrogen and oxygen atoms in total. The molecule has 0 fully saturated rings. The fourth-order valence-corrected chi connectivity index (χ4v) is 1.94. The van der Waals surface area contributed by atoms with Gasteiger partial charge in [-0.3, -0.25) is 9.59 Å². The quantitative estimate of drug-likeness (QED) is 0.367. The highest BCUT2D eigenvalue weighted by Crippen LogP contribution is 2.11. The topological polar surface area (TPSA) is 52.6 Å². The minimum Gasteiger partial charge on any atom is -0.466 e. The van der Waals surface area contributed by atoms with Crippen molar-refractivity contribution < 1.29 is 19.1 Å². The predicted molar refractivity (Wildman–Crippen MR) is 88.6 cm³/mol. The maximum absolute atomic E-state index is 11.6. The molecule has 0 heterocycles. The van der Waals surface area contributed by atoms with Crippen LogP contribution in [0.15, 0.2) is 0 Å². The standard InChI is InChI=1S/C18H34O4/c1-5-14-21-17(19)12-10-8-6-7-9-11-13-18(20)22-16(4)15(2)3/h15-16H,5-14H2,1-4H3. The molecule has 1 atom stereocenters. The predicted octanol–water partition coefficient (Wildman–Crippen LogP) is 4.65. The van der Waals surface area contributed by atoms with Crippen molar-refractivity contribution in [2.24, 2.45) is 5.92 Å². The third kappa shape index (κ3) is 12.7. The Balaban J connectivity index is 3.36. The van der Waals surface area contributed by atoms with Gasteiger partial charge in [-0.2, -0.15) is 0 Å². The smallest absolute Gasteiger partial charge is 0.306 e. The molecule has 130 valence electrons. The van der Waals surface area contributed by atoms with Gasteiger partial charge in [-0.1, -0.05) is 46.5 Å². The maximum Gasteiger partial charge on any atom is 0.306 e. The fraction of sp³-hybridized carbons (Fsp3) is 0.889. The molecule has 1 unspecified atom stereocenters. The normalized spacial score (nSPS) is 12.2. The first-order valence-electron chi connectivity index (χ1n) is 8.82. The van der Waals surface area contributed by atoms with Crippen LogP contribution in [0.2, 0.25) is 0 Å². The van der Waals surface area contributed by atoms with Crippen LogP contribution in [0.1, 0.15) is 85.5 Å². The lowest BCUT2D eigenvalue weighted by molar-refractivity contribution is -0.150. The number of hydrogen-bond acceptors (Lipinski definition) is 4. The Morgan fingerprint density at radius 1 is 0.818 bits per heavy atom. The minimum absolute atomic E-state index is 0.0000332. The highest BCUT2D eigenvalue weighted by molar-refractivity contribution is 5.69. The highest BCUT2D eigenvalue weighted by Gasteiger charge is 2.12. The molecule has 0 spiro atoms. The highest BCUT2D eigenvalue weighted by atomic mass is 16.5. The third-order valence-electron chi connectivity index (χ3n) is 3.74. The van der Waals surface area contributed by atoms with Crippen molar-refractivity contribution in [3.63, 3.8) is 0 Å².